The van der Waals surface area contributed by atoms with Gasteiger partial charge in [0.1, 0.15) is 18.4 Å². The number of rotatable bonds is 12. The molecule has 0 aliphatic rings. The number of hydrogen-bond donors (Lipinski definition) is 1. The van der Waals surface area contributed by atoms with Gasteiger partial charge in [-0.15, -0.1) is 0 Å². The summed E-state index contributed by atoms with van der Waals surface area (Å²) in [6.07, 6.45) is 1.04. The van der Waals surface area contributed by atoms with Crippen LogP contribution < -0.4 is 9.62 Å². The van der Waals surface area contributed by atoms with E-state index in [0.717, 1.165) is 21.9 Å². The fraction of sp³-hybridized carbons (Fsp3) is 0.333. The number of benzene rings is 3. The van der Waals surface area contributed by atoms with E-state index in [-0.39, 0.29) is 17.3 Å². The molecule has 1 atom stereocenters. The van der Waals surface area contributed by atoms with E-state index in [2.05, 4.69) is 5.32 Å². The van der Waals surface area contributed by atoms with Crippen LogP contribution in [0.5, 0.6) is 0 Å². The molecule has 0 spiro atoms. The van der Waals surface area contributed by atoms with E-state index in [1.165, 1.54) is 29.2 Å². The van der Waals surface area contributed by atoms with Gasteiger partial charge in [-0.05, 0) is 68.7 Å². The van der Waals surface area contributed by atoms with Gasteiger partial charge >= 0.3 is 0 Å². The molecule has 1 N–H and O–H groups in total. The summed E-state index contributed by atoms with van der Waals surface area (Å²) in [7, 11) is -4.12. The van der Waals surface area contributed by atoms with Gasteiger partial charge in [0, 0.05) is 13.1 Å². The van der Waals surface area contributed by atoms with Crippen molar-refractivity contribution in [2.75, 3.05) is 17.4 Å². The van der Waals surface area contributed by atoms with E-state index < -0.39 is 34.3 Å². The Kier molecular flexibility index (Phi) is 10.2. The second-order valence-electron chi connectivity index (χ2n) is 9.52. The molecule has 0 aliphatic carbocycles. The SMILES string of the molecule is CCCNC(=O)C(CC)N(Cc1ccc(F)cc1)C(=O)CN(c1ccc(C)cc1)S(=O)(=O)c1ccc(C)cc1. The smallest absolute Gasteiger partial charge is 0.264 e. The van der Waals surface area contributed by atoms with Crippen molar-refractivity contribution < 1.29 is 22.4 Å². The fourth-order valence-corrected chi connectivity index (χ4v) is 5.56. The Balaban J connectivity index is 2.03. The number of aryl methyl sites for hydroxylation is 2. The summed E-state index contributed by atoms with van der Waals surface area (Å²) in [5, 5.41) is 2.84. The van der Waals surface area contributed by atoms with E-state index in [0.29, 0.717) is 24.2 Å². The van der Waals surface area contributed by atoms with Crippen LogP contribution >= 0.6 is 0 Å². The highest BCUT2D eigenvalue weighted by Gasteiger charge is 2.33. The summed E-state index contributed by atoms with van der Waals surface area (Å²) in [5.74, 6) is -1.29. The molecule has 7 nitrogen and oxygen atoms in total. The Morgan fingerprint density at radius 2 is 1.44 bits per heavy atom. The van der Waals surface area contributed by atoms with Crippen LogP contribution in [0, 0.1) is 19.7 Å². The molecule has 0 fully saturated rings. The van der Waals surface area contributed by atoms with Crippen molar-refractivity contribution in [1.82, 2.24) is 10.2 Å². The number of anilines is 1. The van der Waals surface area contributed by atoms with E-state index in [9.17, 15) is 22.4 Å². The number of sulfonamides is 1. The molecule has 2 amide bonds. The van der Waals surface area contributed by atoms with Crippen LogP contribution in [0.2, 0.25) is 0 Å². The maximum Gasteiger partial charge on any atom is 0.264 e. The average molecular weight is 554 g/mol. The number of halogens is 1. The normalized spacial score (nSPS) is 12.0. The zero-order valence-corrected chi connectivity index (χ0v) is 23.7. The second-order valence-corrected chi connectivity index (χ2v) is 11.4. The van der Waals surface area contributed by atoms with Crippen molar-refractivity contribution in [2.24, 2.45) is 0 Å². The molecule has 0 heterocycles. The van der Waals surface area contributed by atoms with E-state index >= 15 is 0 Å². The van der Waals surface area contributed by atoms with Gasteiger partial charge in [0.05, 0.1) is 10.6 Å². The summed E-state index contributed by atoms with van der Waals surface area (Å²) in [4.78, 5) is 28.4. The van der Waals surface area contributed by atoms with Gasteiger partial charge in [-0.2, -0.15) is 0 Å². The van der Waals surface area contributed by atoms with Crippen molar-refractivity contribution in [3.63, 3.8) is 0 Å². The van der Waals surface area contributed by atoms with E-state index in [1.54, 1.807) is 55.5 Å². The molecular formula is C30H36FN3O4S. The van der Waals surface area contributed by atoms with Gasteiger partial charge in [-0.25, -0.2) is 12.8 Å². The van der Waals surface area contributed by atoms with Gasteiger partial charge in [0.2, 0.25) is 11.8 Å². The van der Waals surface area contributed by atoms with Crippen molar-refractivity contribution in [3.05, 3.63) is 95.3 Å². The summed E-state index contributed by atoms with van der Waals surface area (Å²) in [6.45, 7) is 7.42. The zero-order valence-electron chi connectivity index (χ0n) is 22.9. The summed E-state index contributed by atoms with van der Waals surface area (Å²) < 4.78 is 42.3. The molecule has 0 radical (unpaired) electrons. The molecular weight excluding hydrogens is 517 g/mol. The lowest BCUT2D eigenvalue weighted by atomic mass is 10.1. The predicted octanol–water partition coefficient (Wildman–Crippen LogP) is 4.97. The number of amides is 2. The van der Waals surface area contributed by atoms with Crippen LogP contribution in [-0.4, -0.2) is 44.3 Å². The number of nitrogens with one attached hydrogen (secondary N) is 1. The highest BCUT2D eigenvalue weighted by Crippen LogP contribution is 2.25. The van der Waals surface area contributed by atoms with Crippen molar-refractivity contribution in [2.45, 2.75) is 58.0 Å². The van der Waals surface area contributed by atoms with Gasteiger partial charge in [-0.3, -0.25) is 13.9 Å². The third-order valence-corrected chi connectivity index (χ3v) is 8.20. The number of carbonyl (C=O) groups excluding carboxylic acids is 2. The molecule has 0 saturated heterocycles. The molecule has 0 aromatic heterocycles. The molecule has 0 bridgehead atoms. The molecule has 3 aromatic rings. The van der Waals surface area contributed by atoms with Crippen LogP contribution in [0.15, 0.2) is 77.7 Å². The number of hydrogen-bond acceptors (Lipinski definition) is 4. The maximum absolute atomic E-state index is 13.9. The number of carbonyl (C=O) groups is 2. The average Bonchev–Trinajstić information content (AvgIpc) is 2.92. The first-order valence-corrected chi connectivity index (χ1v) is 14.5. The molecule has 0 saturated carbocycles. The Morgan fingerprint density at radius 1 is 0.872 bits per heavy atom. The molecule has 208 valence electrons. The number of nitrogens with zero attached hydrogens (tertiary/aromatic N) is 2. The minimum Gasteiger partial charge on any atom is -0.354 e. The monoisotopic (exact) mass is 553 g/mol. The predicted molar refractivity (Wildman–Crippen MR) is 151 cm³/mol. The first-order valence-electron chi connectivity index (χ1n) is 13.0. The largest absolute Gasteiger partial charge is 0.354 e. The summed E-state index contributed by atoms with van der Waals surface area (Å²) in [5.41, 5.74) is 2.80. The van der Waals surface area contributed by atoms with Crippen LogP contribution in [-0.2, 0) is 26.2 Å². The van der Waals surface area contributed by atoms with Crippen molar-refractivity contribution >= 4 is 27.5 Å². The molecule has 9 heteroatoms. The first kappa shape index (κ1) is 29.8. The minimum absolute atomic E-state index is 0.0173. The second kappa shape index (κ2) is 13.4. The van der Waals surface area contributed by atoms with Crippen molar-refractivity contribution in [3.8, 4) is 0 Å². The third-order valence-electron chi connectivity index (χ3n) is 6.41. The summed E-state index contributed by atoms with van der Waals surface area (Å²) >= 11 is 0. The Bertz CT molecular complexity index is 1360. The zero-order chi connectivity index (χ0) is 28.6. The topological polar surface area (TPSA) is 86.8 Å². The third kappa shape index (κ3) is 7.66. The van der Waals surface area contributed by atoms with Crippen molar-refractivity contribution in [1.29, 1.82) is 0 Å². The van der Waals surface area contributed by atoms with Gasteiger partial charge in [0.25, 0.3) is 10.0 Å². The Labute approximate surface area is 230 Å². The Hall–Kier alpha value is -3.72. The van der Waals surface area contributed by atoms with Crippen LogP contribution in [0.25, 0.3) is 0 Å². The molecule has 3 aromatic carbocycles. The summed E-state index contributed by atoms with van der Waals surface area (Å²) in [6, 6.07) is 18.1. The standard InChI is InChI=1S/C30H36FN3O4S/c1-5-19-32-30(36)28(6-2)33(20-24-11-13-25(31)14-12-24)29(35)21-34(26-15-7-22(3)8-16-26)39(37,38)27-17-9-23(4)10-18-27/h7-18,28H,5-6,19-21H2,1-4H3,(H,32,36). The maximum atomic E-state index is 13.9. The van der Waals surface area contributed by atoms with Gasteiger partial charge < -0.3 is 10.2 Å². The first-order chi connectivity index (χ1) is 18.6. The van der Waals surface area contributed by atoms with Crippen LogP contribution in [0.3, 0.4) is 0 Å². The van der Waals surface area contributed by atoms with Gasteiger partial charge in [-0.1, -0.05) is 61.4 Å². The van der Waals surface area contributed by atoms with Gasteiger partial charge in [0.15, 0.2) is 0 Å². The van der Waals surface area contributed by atoms with Crippen LogP contribution in [0.1, 0.15) is 43.4 Å². The molecule has 39 heavy (non-hydrogen) atoms. The highest BCUT2D eigenvalue weighted by atomic mass is 32.2. The lowest BCUT2D eigenvalue weighted by Gasteiger charge is -2.33. The molecule has 1 unspecified atom stereocenters. The lowest BCUT2D eigenvalue weighted by Crippen LogP contribution is -2.52. The fourth-order valence-electron chi connectivity index (χ4n) is 4.15. The van der Waals surface area contributed by atoms with Crippen LogP contribution in [0.4, 0.5) is 10.1 Å². The Morgan fingerprint density at radius 3 is 1.97 bits per heavy atom. The van der Waals surface area contributed by atoms with E-state index in [4.69, 9.17) is 0 Å². The minimum atomic E-state index is -4.12. The van der Waals surface area contributed by atoms with E-state index in [1.807, 2.05) is 20.8 Å². The molecule has 3 rings (SSSR count). The lowest BCUT2D eigenvalue weighted by molar-refractivity contribution is -0.140. The quantitative estimate of drug-likeness (QED) is 0.343. The highest BCUT2D eigenvalue weighted by molar-refractivity contribution is 7.92. The molecule has 0 aliphatic heterocycles.